The smallest absolute Gasteiger partial charge is 0.410 e. The molecular weight excluding hydrogens is 506 g/mol. The topological polar surface area (TPSA) is 98.0 Å². The van der Waals surface area contributed by atoms with E-state index in [1.54, 1.807) is 29.3 Å². The highest BCUT2D eigenvalue weighted by atomic mass is 19.1. The van der Waals surface area contributed by atoms with Gasteiger partial charge in [-0.25, -0.2) is 18.6 Å². The minimum Gasteiger partial charge on any atom is -0.474 e. The molecule has 0 saturated carbocycles. The maximum absolute atomic E-state index is 14.9. The lowest BCUT2D eigenvalue weighted by atomic mass is 9.92. The van der Waals surface area contributed by atoms with Gasteiger partial charge in [0.05, 0.1) is 18.7 Å². The zero-order valence-electron chi connectivity index (χ0n) is 22.8. The molecular formula is C29H38F2N4O4. The molecule has 2 fully saturated rings. The fraction of sp³-hybridized carbons (Fsp3) is 0.552. The number of aromatic nitrogens is 1. The number of ether oxygens (including phenoxy) is 2. The molecule has 39 heavy (non-hydrogen) atoms. The van der Waals surface area contributed by atoms with Crippen LogP contribution in [0.2, 0.25) is 0 Å². The number of halogens is 2. The number of hydrogen-bond donors (Lipinski definition) is 1. The van der Waals surface area contributed by atoms with Gasteiger partial charge < -0.3 is 25.0 Å². The lowest BCUT2D eigenvalue weighted by Crippen LogP contribution is -2.44. The van der Waals surface area contributed by atoms with Crippen LogP contribution in [0.1, 0.15) is 45.6 Å². The Kier molecular flexibility index (Phi) is 9.37. The van der Waals surface area contributed by atoms with Crippen molar-refractivity contribution in [1.82, 2.24) is 14.8 Å². The lowest BCUT2D eigenvalue weighted by molar-refractivity contribution is -0.131. The second-order valence-corrected chi connectivity index (χ2v) is 10.8. The van der Waals surface area contributed by atoms with Crippen molar-refractivity contribution in [2.75, 3.05) is 26.2 Å². The van der Waals surface area contributed by atoms with Crippen LogP contribution < -0.4 is 10.5 Å². The summed E-state index contributed by atoms with van der Waals surface area (Å²) in [7, 11) is 0. The van der Waals surface area contributed by atoms with Gasteiger partial charge in [0.15, 0.2) is 0 Å². The Labute approximate surface area is 228 Å². The molecule has 212 valence electrons. The Hall–Kier alpha value is -3.27. The highest BCUT2D eigenvalue weighted by Gasteiger charge is 2.30. The fourth-order valence-corrected chi connectivity index (χ4v) is 5.10. The number of nitrogens with zero attached hydrogens (tertiary/aromatic N) is 3. The van der Waals surface area contributed by atoms with Crippen LogP contribution in [0.3, 0.4) is 0 Å². The van der Waals surface area contributed by atoms with E-state index in [-0.39, 0.29) is 37.2 Å². The van der Waals surface area contributed by atoms with Crippen molar-refractivity contribution in [2.24, 2.45) is 11.7 Å². The van der Waals surface area contributed by atoms with E-state index >= 15 is 0 Å². The van der Waals surface area contributed by atoms with Crippen molar-refractivity contribution >= 4 is 12.0 Å². The molecule has 8 nitrogen and oxygen atoms in total. The molecule has 2 saturated heterocycles. The number of rotatable bonds is 8. The van der Waals surface area contributed by atoms with Gasteiger partial charge in [-0.3, -0.25) is 4.79 Å². The number of alkyl halides is 1. The molecule has 2 aromatic rings. The van der Waals surface area contributed by atoms with Crippen molar-refractivity contribution < 1.29 is 27.8 Å². The summed E-state index contributed by atoms with van der Waals surface area (Å²) in [4.78, 5) is 32.1. The summed E-state index contributed by atoms with van der Waals surface area (Å²) in [6.07, 6.45) is 2.13. The van der Waals surface area contributed by atoms with Gasteiger partial charge in [-0.05, 0) is 75.6 Å². The van der Waals surface area contributed by atoms with E-state index in [1.165, 1.54) is 11.0 Å². The quantitative estimate of drug-likeness (QED) is 0.531. The summed E-state index contributed by atoms with van der Waals surface area (Å²) in [5.74, 6) is -0.0461. The highest BCUT2D eigenvalue weighted by Crippen LogP contribution is 2.27. The van der Waals surface area contributed by atoms with Gasteiger partial charge in [-0.1, -0.05) is 12.1 Å². The summed E-state index contributed by atoms with van der Waals surface area (Å²) in [5, 5.41) is 0. The van der Waals surface area contributed by atoms with Gasteiger partial charge in [-0.2, -0.15) is 0 Å². The molecule has 0 bridgehead atoms. The van der Waals surface area contributed by atoms with Crippen molar-refractivity contribution in [2.45, 2.75) is 70.9 Å². The van der Waals surface area contributed by atoms with Gasteiger partial charge in [0.1, 0.15) is 18.1 Å². The highest BCUT2D eigenvalue weighted by molar-refractivity contribution is 5.82. The van der Waals surface area contributed by atoms with Crippen LogP contribution in [-0.4, -0.2) is 77.4 Å². The minimum atomic E-state index is -1.02. The lowest BCUT2D eigenvalue weighted by Gasteiger charge is -2.34. The van der Waals surface area contributed by atoms with Gasteiger partial charge in [0.2, 0.25) is 11.8 Å². The van der Waals surface area contributed by atoms with E-state index in [4.69, 9.17) is 15.2 Å². The molecule has 4 rings (SSSR count). The van der Waals surface area contributed by atoms with Crippen LogP contribution in [0, 0.1) is 11.7 Å². The van der Waals surface area contributed by atoms with Gasteiger partial charge in [-0.15, -0.1) is 0 Å². The molecule has 0 aliphatic carbocycles. The summed E-state index contributed by atoms with van der Waals surface area (Å²) >= 11 is 0. The zero-order chi connectivity index (χ0) is 28.1. The number of benzene rings is 1. The number of nitrogens with two attached hydrogens (primary N) is 1. The molecule has 2 amide bonds. The number of likely N-dealkylation sites (tertiary alicyclic amines) is 2. The number of hydrogen-bond acceptors (Lipinski definition) is 6. The van der Waals surface area contributed by atoms with Crippen molar-refractivity contribution in [3.8, 4) is 17.0 Å². The first-order valence-electron chi connectivity index (χ1n) is 13.7. The van der Waals surface area contributed by atoms with Crippen LogP contribution >= 0.6 is 0 Å². The number of piperidine rings is 1. The van der Waals surface area contributed by atoms with Gasteiger partial charge in [0.25, 0.3) is 0 Å². The Morgan fingerprint density at radius 3 is 2.33 bits per heavy atom. The maximum Gasteiger partial charge on any atom is 0.410 e. The molecule has 3 heterocycles. The largest absolute Gasteiger partial charge is 0.474 e. The third kappa shape index (κ3) is 7.44. The first-order valence-corrected chi connectivity index (χ1v) is 13.7. The monoisotopic (exact) mass is 544 g/mol. The number of pyridine rings is 1. The van der Waals surface area contributed by atoms with E-state index < -0.39 is 18.0 Å². The first-order chi connectivity index (χ1) is 18.6. The van der Waals surface area contributed by atoms with Gasteiger partial charge in [0, 0.05) is 37.5 Å². The molecule has 2 aliphatic heterocycles. The fourth-order valence-electron chi connectivity index (χ4n) is 5.10. The maximum atomic E-state index is 14.9. The number of amides is 2. The molecule has 0 spiro atoms. The van der Waals surface area contributed by atoms with Crippen molar-refractivity contribution in [1.29, 1.82) is 0 Å². The molecule has 10 heteroatoms. The Morgan fingerprint density at radius 1 is 1.05 bits per heavy atom. The minimum absolute atomic E-state index is 0.0408. The Balaban J connectivity index is 1.29. The summed E-state index contributed by atoms with van der Waals surface area (Å²) < 4.78 is 39.6. The molecule has 0 radical (unpaired) electrons. The van der Waals surface area contributed by atoms with Crippen LogP contribution in [0.15, 0.2) is 36.5 Å². The van der Waals surface area contributed by atoms with E-state index in [9.17, 15) is 18.4 Å². The molecule has 1 aromatic heterocycles. The molecule has 2 unspecified atom stereocenters. The average Bonchev–Trinajstić information content (AvgIpc) is 3.35. The Bertz CT molecular complexity index is 1140. The third-order valence-corrected chi connectivity index (χ3v) is 7.43. The third-order valence-electron chi connectivity index (χ3n) is 7.43. The standard InChI is InChI=1S/C29H38F2N4O4/c1-18(2)38-29(37)34-11-8-20(9-12-34)19(3)39-27-7-6-23(16-33-27)21-4-5-22(25(31)14-21)15-26(32)28(36)35-13-10-24(30)17-35/h4-7,14,16,18-20,24,26H,8-13,15,17,32H2,1-3H3/t19-,24?,26?/m0/s1. The van der Waals surface area contributed by atoms with Crippen LogP contribution in [0.5, 0.6) is 5.88 Å². The van der Waals surface area contributed by atoms with E-state index in [1.807, 2.05) is 26.8 Å². The predicted octanol–water partition coefficient (Wildman–Crippen LogP) is 4.35. The van der Waals surface area contributed by atoms with Crippen LogP contribution in [0.4, 0.5) is 13.6 Å². The van der Waals surface area contributed by atoms with E-state index in [2.05, 4.69) is 4.98 Å². The SMILES string of the molecule is CC(C)OC(=O)N1CCC([C@H](C)Oc2ccc(-c3ccc(CC(N)C(=O)N4CCC(F)C4)c(F)c3)cn2)CC1. The molecule has 3 atom stereocenters. The van der Waals surface area contributed by atoms with Crippen LogP contribution in [-0.2, 0) is 16.0 Å². The summed E-state index contributed by atoms with van der Waals surface area (Å²) in [6.45, 7) is 7.34. The summed E-state index contributed by atoms with van der Waals surface area (Å²) in [6, 6.07) is 7.45. The van der Waals surface area contributed by atoms with Crippen LogP contribution in [0.25, 0.3) is 11.1 Å². The summed E-state index contributed by atoms with van der Waals surface area (Å²) in [5.41, 5.74) is 7.71. The van der Waals surface area contributed by atoms with Gasteiger partial charge >= 0.3 is 6.09 Å². The number of carbonyl (C=O) groups excluding carboxylic acids is 2. The number of carbonyl (C=O) groups is 2. The second kappa shape index (κ2) is 12.7. The zero-order valence-corrected chi connectivity index (χ0v) is 22.8. The van der Waals surface area contributed by atoms with E-state index in [0.717, 1.165) is 18.4 Å². The van der Waals surface area contributed by atoms with Crippen molar-refractivity contribution in [3.63, 3.8) is 0 Å². The normalized spacial score (nSPS) is 19.7. The molecule has 1 aromatic carbocycles. The predicted molar refractivity (Wildman–Crippen MR) is 143 cm³/mol. The first kappa shape index (κ1) is 28.7. The molecule has 2 aliphatic rings. The van der Waals surface area contributed by atoms with E-state index in [0.29, 0.717) is 49.0 Å². The average molecular weight is 545 g/mol. The molecule has 2 N–H and O–H groups in total. The second-order valence-electron chi connectivity index (χ2n) is 10.8. The van der Waals surface area contributed by atoms with Crippen molar-refractivity contribution in [3.05, 3.63) is 47.9 Å². The Morgan fingerprint density at radius 2 is 1.74 bits per heavy atom.